The van der Waals surface area contributed by atoms with Crippen molar-refractivity contribution < 1.29 is 22.9 Å². The number of amides is 2. The van der Waals surface area contributed by atoms with Crippen LogP contribution in [0, 0.1) is 10.1 Å². The highest BCUT2D eigenvalue weighted by atomic mass is 35.5. The van der Waals surface area contributed by atoms with Crippen LogP contribution in [0.5, 0.6) is 0 Å². The first-order valence-corrected chi connectivity index (χ1v) is 15.6. The van der Waals surface area contributed by atoms with Gasteiger partial charge < -0.3 is 10.6 Å². The van der Waals surface area contributed by atoms with E-state index in [9.17, 15) is 28.1 Å². The minimum absolute atomic E-state index is 0.00288. The van der Waals surface area contributed by atoms with Crippen molar-refractivity contribution in [3.05, 3.63) is 129 Å². The van der Waals surface area contributed by atoms with Gasteiger partial charge >= 0.3 is 0 Å². The zero-order valence-electron chi connectivity index (χ0n) is 22.4. The molecule has 10 nitrogen and oxygen atoms in total. The molecular formula is C30H25ClN4O6S2. The number of nitro groups is 1. The molecule has 0 aliphatic rings. The number of nitro benzene ring substituents is 1. The Balaban J connectivity index is 1.36. The van der Waals surface area contributed by atoms with Crippen LogP contribution >= 0.6 is 23.4 Å². The highest BCUT2D eigenvalue weighted by Crippen LogP contribution is 2.28. The van der Waals surface area contributed by atoms with Crippen LogP contribution in [0.1, 0.15) is 15.9 Å². The number of carbonyl (C=O) groups excluding carboxylic acids is 2. The van der Waals surface area contributed by atoms with E-state index >= 15 is 0 Å². The SMILES string of the molecule is O=C(/C=C/c1ccccc1Cl)Nc1ccc(C(=O)NS(=O)(=O)c2ccc(NCCSc3ccccc3)c([N+](=O)[O-])c2)cc1. The van der Waals surface area contributed by atoms with Gasteiger partial charge in [-0.05, 0) is 66.2 Å². The summed E-state index contributed by atoms with van der Waals surface area (Å²) in [6, 6.07) is 25.6. The van der Waals surface area contributed by atoms with Gasteiger partial charge in [-0.2, -0.15) is 0 Å². The molecule has 0 saturated carbocycles. The molecule has 4 aromatic carbocycles. The van der Waals surface area contributed by atoms with Crippen molar-refractivity contribution in [1.29, 1.82) is 0 Å². The van der Waals surface area contributed by atoms with E-state index in [0.717, 1.165) is 11.0 Å². The van der Waals surface area contributed by atoms with Crippen molar-refractivity contribution in [3.8, 4) is 0 Å². The van der Waals surface area contributed by atoms with Gasteiger partial charge in [0.1, 0.15) is 5.69 Å². The molecule has 0 fully saturated rings. The standard InChI is InChI=1S/C30H25ClN4O6S2/c31-26-9-5-4-6-21(26)12-17-29(36)33-23-13-10-22(11-14-23)30(37)34-43(40,41)25-15-16-27(28(20-25)35(38)39)32-18-19-42-24-7-2-1-3-8-24/h1-17,20,32H,18-19H2,(H,33,36)(H,34,37)/b17-12+. The summed E-state index contributed by atoms with van der Waals surface area (Å²) in [6.45, 7) is 0.400. The van der Waals surface area contributed by atoms with E-state index in [0.29, 0.717) is 28.6 Å². The number of hydrogen-bond donors (Lipinski definition) is 3. The Morgan fingerprint density at radius 2 is 1.63 bits per heavy atom. The first-order valence-electron chi connectivity index (χ1n) is 12.7. The van der Waals surface area contributed by atoms with Gasteiger partial charge in [-0.25, -0.2) is 13.1 Å². The Morgan fingerprint density at radius 1 is 0.930 bits per heavy atom. The average molecular weight is 637 g/mol. The quantitative estimate of drug-likeness (QED) is 0.0546. The minimum atomic E-state index is -4.43. The number of rotatable bonds is 12. The molecule has 13 heteroatoms. The zero-order valence-corrected chi connectivity index (χ0v) is 24.8. The maximum Gasteiger partial charge on any atom is 0.293 e. The third kappa shape index (κ3) is 8.92. The number of hydrogen-bond acceptors (Lipinski definition) is 8. The lowest BCUT2D eigenvalue weighted by atomic mass is 10.2. The fraction of sp³-hybridized carbons (Fsp3) is 0.0667. The Bertz CT molecular complexity index is 1770. The molecular weight excluding hydrogens is 612 g/mol. The summed E-state index contributed by atoms with van der Waals surface area (Å²) in [5.41, 5.74) is 0.750. The molecule has 43 heavy (non-hydrogen) atoms. The van der Waals surface area contributed by atoms with Crippen molar-refractivity contribution in [1.82, 2.24) is 4.72 Å². The third-order valence-corrected chi connectivity index (χ3v) is 8.55. The van der Waals surface area contributed by atoms with Crippen molar-refractivity contribution in [2.75, 3.05) is 22.9 Å². The zero-order chi connectivity index (χ0) is 30.8. The molecule has 220 valence electrons. The van der Waals surface area contributed by atoms with Crippen molar-refractivity contribution in [2.45, 2.75) is 9.79 Å². The molecule has 0 saturated heterocycles. The Morgan fingerprint density at radius 3 is 2.33 bits per heavy atom. The van der Waals surface area contributed by atoms with Crippen LogP contribution < -0.4 is 15.4 Å². The van der Waals surface area contributed by atoms with Crippen LogP contribution in [0.3, 0.4) is 0 Å². The Kier molecular flexibility index (Phi) is 10.5. The number of anilines is 2. The second kappa shape index (κ2) is 14.5. The molecule has 0 aromatic heterocycles. The van der Waals surface area contributed by atoms with E-state index in [1.54, 1.807) is 42.1 Å². The first-order chi connectivity index (χ1) is 20.6. The summed E-state index contributed by atoms with van der Waals surface area (Å²) in [5.74, 6) is -0.757. The van der Waals surface area contributed by atoms with Crippen molar-refractivity contribution >= 4 is 68.3 Å². The van der Waals surface area contributed by atoms with Crippen LogP contribution in [0.15, 0.2) is 113 Å². The summed E-state index contributed by atoms with van der Waals surface area (Å²) >= 11 is 7.64. The highest BCUT2D eigenvalue weighted by Gasteiger charge is 2.24. The van der Waals surface area contributed by atoms with Crippen LogP contribution in [0.4, 0.5) is 17.1 Å². The van der Waals surface area contributed by atoms with Gasteiger partial charge in [0.2, 0.25) is 5.91 Å². The van der Waals surface area contributed by atoms with Gasteiger partial charge in [0.05, 0.1) is 9.82 Å². The average Bonchev–Trinajstić information content (AvgIpc) is 2.99. The normalized spacial score (nSPS) is 11.2. The molecule has 0 unspecified atom stereocenters. The second-order valence-electron chi connectivity index (χ2n) is 8.88. The maximum absolute atomic E-state index is 12.9. The number of nitrogens with one attached hydrogen (secondary N) is 3. The smallest absolute Gasteiger partial charge is 0.293 e. The fourth-order valence-corrected chi connectivity index (χ4v) is 5.74. The monoisotopic (exact) mass is 636 g/mol. The molecule has 4 aromatic rings. The van der Waals surface area contributed by atoms with Gasteiger partial charge in [-0.3, -0.25) is 19.7 Å². The number of benzene rings is 4. The highest BCUT2D eigenvalue weighted by molar-refractivity contribution is 7.99. The van der Waals surface area contributed by atoms with E-state index < -0.39 is 37.3 Å². The number of thioether (sulfide) groups is 1. The van der Waals surface area contributed by atoms with Crippen molar-refractivity contribution in [2.24, 2.45) is 0 Å². The van der Waals surface area contributed by atoms with E-state index in [-0.39, 0.29) is 11.3 Å². The summed E-state index contributed by atoms with van der Waals surface area (Å²) < 4.78 is 27.7. The molecule has 0 bridgehead atoms. The molecule has 2 amide bonds. The summed E-state index contributed by atoms with van der Waals surface area (Å²) in [5, 5.41) is 17.8. The van der Waals surface area contributed by atoms with E-state index in [4.69, 9.17) is 11.6 Å². The molecule has 0 heterocycles. The first kappa shape index (κ1) is 31.3. The Hall–Kier alpha value is -4.65. The minimum Gasteiger partial charge on any atom is -0.379 e. The predicted molar refractivity (Wildman–Crippen MR) is 169 cm³/mol. The Labute approximate surface area is 257 Å². The third-order valence-electron chi connectivity index (χ3n) is 5.87. The van der Waals surface area contributed by atoms with Gasteiger partial charge in [0.15, 0.2) is 0 Å². The molecule has 0 aliphatic carbocycles. The molecule has 0 atom stereocenters. The van der Waals surface area contributed by atoms with Gasteiger partial charge in [0, 0.05) is 45.6 Å². The molecule has 3 N–H and O–H groups in total. The number of halogens is 1. The summed E-state index contributed by atoms with van der Waals surface area (Å²) in [6.07, 6.45) is 2.86. The number of carbonyl (C=O) groups is 2. The summed E-state index contributed by atoms with van der Waals surface area (Å²) in [4.78, 5) is 36.5. The lowest BCUT2D eigenvalue weighted by molar-refractivity contribution is -0.384. The summed E-state index contributed by atoms with van der Waals surface area (Å²) in [7, 11) is -4.43. The van der Waals surface area contributed by atoms with Crippen LogP contribution in [-0.4, -0.2) is 37.5 Å². The molecule has 0 aliphatic heterocycles. The van der Waals surface area contributed by atoms with Crippen LogP contribution in [-0.2, 0) is 14.8 Å². The molecule has 4 rings (SSSR count). The van der Waals surface area contributed by atoms with Gasteiger partial charge in [0.25, 0.3) is 21.6 Å². The topological polar surface area (TPSA) is 148 Å². The number of nitrogens with zero attached hydrogens (tertiary/aromatic N) is 1. The largest absolute Gasteiger partial charge is 0.379 e. The molecule has 0 radical (unpaired) electrons. The van der Waals surface area contributed by atoms with E-state index in [2.05, 4.69) is 10.6 Å². The second-order valence-corrected chi connectivity index (χ2v) is 12.1. The van der Waals surface area contributed by atoms with Crippen molar-refractivity contribution in [3.63, 3.8) is 0 Å². The maximum atomic E-state index is 12.9. The van der Waals surface area contributed by atoms with Crippen LogP contribution in [0.2, 0.25) is 5.02 Å². The predicted octanol–water partition coefficient (Wildman–Crippen LogP) is 6.22. The number of sulfonamides is 1. The fourth-order valence-electron chi connectivity index (χ4n) is 3.75. The lowest BCUT2D eigenvalue weighted by Gasteiger charge is -2.11. The molecule has 0 spiro atoms. The van der Waals surface area contributed by atoms with E-state index in [1.807, 2.05) is 35.1 Å². The van der Waals surface area contributed by atoms with Gasteiger partial charge in [-0.15, -0.1) is 11.8 Å². The van der Waals surface area contributed by atoms with Gasteiger partial charge in [-0.1, -0.05) is 48.0 Å². The van der Waals surface area contributed by atoms with Crippen LogP contribution in [0.25, 0.3) is 6.08 Å². The lowest BCUT2D eigenvalue weighted by Crippen LogP contribution is -2.30. The van der Waals surface area contributed by atoms with E-state index in [1.165, 1.54) is 42.5 Å².